The van der Waals surface area contributed by atoms with Crippen LogP contribution in [0.1, 0.15) is 60.3 Å². The molecule has 0 radical (unpaired) electrons. The summed E-state index contributed by atoms with van der Waals surface area (Å²) in [6, 6.07) is 13.9. The van der Waals surface area contributed by atoms with Gasteiger partial charge in [-0.1, -0.05) is 61.7 Å². The molecule has 1 aliphatic rings. The molecule has 1 aliphatic carbocycles. The highest BCUT2D eigenvalue weighted by Gasteiger charge is 2.37. The van der Waals surface area contributed by atoms with E-state index in [-0.39, 0.29) is 23.3 Å². The first-order chi connectivity index (χ1) is 16.5. The van der Waals surface area contributed by atoms with Crippen LogP contribution in [-0.4, -0.2) is 11.3 Å². The minimum atomic E-state index is -4.97. The lowest BCUT2D eigenvalue weighted by molar-refractivity contribution is -0.143. The molecule has 0 atom stereocenters. The third-order valence-corrected chi connectivity index (χ3v) is 6.29. The molecule has 8 heteroatoms. The third kappa shape index (κ3) is 5.69. The molecule has 3 aromatic carbocycles. The number of phenolic OH excluding ortho intramolecular Hbond substituents is 1. The summed E-state index contributed by atoms with van der Waals surface area (Å²) in [5.74, 6) is 0.0798. The standard InChI is InChI=1S/C27H23F6NO/c28-26(29,30)19-13-20(27(31,32)33)15-21(14-19)34-16-24-22(17-7-3-1-4-8-17)11-12-23(25(24)35)18-9-5-2-6-10-18/h1,3-4,7-8,11-16,18,35H,2,5-6,9-10H2. The smallest absolute Gasteiger partial charge is 0.416 e. The Morgan fingerprint density at radius 2 is 1.37 bits per heavy atom. The van der Waals surface area contributed by atoms with Crippen molar-refractivity contribution in [3.05, 3.63) is 82.9 Å². The van der Waals surface area contributed by atoms with Crippen molar-refractivity contribution in [2.45, 2.75) is 50.4 Å². The molecule has 0 bridgehead atoms. The fourth-order valence-electron chi connectivity index (χ4n) is 4.52. The van der Waals surface area contributed by atoms with Crippen LogP contribution in [0.5, 0.6) is 5.75 Å². The number of hydrogen-bond acceptors (Lipinski definition) is 2. The predicted molar refractivity (Wildman–Crippen MR) is 123 cm³/mol. The van der Waals surface area contributed by atoms with Crippen LogP contribution in [0.4, 0.5) is 32.0 Å². The molecule has 0 spiro atoms. The molecular weight excluding hydrogens is 468 g/mol. The van der Waals surface area contributed by atoms with Gasteiger partial charge in [-0.25, -0.2) is 0 Å². The van der Waals surface area contributed by atoms with Crippen molar-refractivity contribution in [2.24, 2.45) is 4.99 Å². The van der Waals surface area contributed by atoms with Gasteiger partial charge in [0, 0.05) is 11.8 Å². The van der Waals surface area contributed by atoms with E-state index in [1.165, 1.54) is 0 Å². The zero-order valence-corrected chi connectivity index (χ0v) is 18.6. The summed E-state index contributed by atoms with van der Waals surface area (Å²) in [4.78, 5) is 3.97. The number of benzene rings is 3. The summed E-state index contributed by atoms with van der Waals surface area (Å²) in [6.45, 7) is 0. The topological polar surface area (TPSA) is 32.6 Å². The second-order valence-electron chi connectivity index (χ2n) is 8.69. The van der Waals surface area contributed by atoms with E-state index in [1.807, 2.05) is 18.2 Å². The number of phenols is 1. The lowest BCUT2D eigenvalue weighted by Crippen LogP contribution is -2.10. The van der Waals surface area contributed by atoms with Crippen LogP contribution >= 0.6 is 0 Å². The number of aromatic hydroxyl groups is 1. The van der Waals surface area contributed by atoms with Gasteiger partial charge < -0.3 is 5.11 Å². The molecule has 0 saturated heterocycles. The van der Waals surface area contributed by atoms with E-state index >= 15 is 0 Å². The molecule has 35 heavy (non-hydrogen) atoms. The van der Waals surface area contributed by atoms with Gasteiger partial charge in [-0.05, 0) is 53.6 Å². The van der Waals surface area contributed by atoms with Crippen molar-refractivity contribution in [3.8, 4) is 16.9 Å². The summed E-state index contributed by atoms with van der Waals surface area (Å²) >= 11 is 0. The minimum Gasteiger partial charge on any atom is -0.507 e. The molecule has 0 heterocycles. The van der Waals surface area contributed by atoms with Gasteiger partial charge in [0.1, 0.15) is 5.75 Å². The fourth-order valence-corrected chi connectivity index (χ4v) is 4.52. The maximum absolute atomic E-state index is 13.2. The van der Waals surface area contributed by atoms with Crippen LogP contribution in [0, 0.1) is 0 Å². The summed E-state index contributed by atoms with van der Waals surface area (Å²) in [7, 11) is 0. The monoisotopic (exact) mass is 491 g/mol. The van der Waals surface area contributed by atoms with Crippen molar-refractivity contribution < 1.29 is 31.4 Å². The van der Waals surface area contributed by atoms with Gasteiger partial charge in [-0.3, -0.25) is 4.99 Å². The number of halogens is 6. The quantitative estimate of drug-likeness (QED) is 0.287. The highest BCUT2D eigenvalue weighted by Crippen LogP contribution is 2.42. The molecule has 4 rings (SSSR count). The molecule has 0 aromatic heterocycles. The normalized spacial score (nSPS) is 15.6. The lowest BCUT2D eigenvalue weighted by atomic mass is 9.82. The first kappa shape index (κ1) is 24.8. The molecule has 3 aromatic rings. The van der Waals surface area contributed by atoms with Gasteiger partial charge >= 0.3 is 12.4 Å². The number of aliphatic imine (C=N–C) groups is 1. The maximum Gasteiger partial charge on any atom is 0.416 e. The maximum atomic E-state index is 13.2. The molecule has 0 unspecified atom stereocenters. The summed E-state index contributed by atoms with van der Waals surface area (Å²) < 4.78 is 79.5. The van der Waals surface area contributed by atoms with Gasteiger partial charge in [-0.15, -0.1) is 0 Å². The third-order valence-electron chi connectivity index (χ3n) is 6.29. The second kappa shape index (κ2) is 9.76. The zero-order chi connectivity index (χ0) is 25.2. The second-order valence-corrected chi connectivity index (χ2v) is 8.69. The first-order valence-corrected chi connectivity index (χ1v) is 11.3. The van der Waals surface area contributed by atoms with Crippen molar-refractivity contribution in [1.29, 1.82) is 0 Å². The van der Waals surface area contributed by atoms with Crippen LogP contribution < -0.4 is 0 Å². The number of alkyl halides is 6. The van der Waals surface area contributed by atoms with Crippen LogP contribution in [0.2, 0.25) is 0 Å². The summed E-state index contributed by atoms with van der Waals surface area (Å²) in [5, 5.41) is 11.2. The van der Waals surface area contributed by atoms with E-state index in [0.717, 1.165) is 43.9 Å². The average Bonchev–Trinajstić information content (AvgIpc) is 2.83. The Hall–Kier alpha value is -3.29. The average molecular weight is 491 g/mol. The molecule has 184 valence electrons. The predicted octanol–water partition coefficient (Wildman–Crippen LogP) is 8.90. The van der Waals surface area contributed by atoms with E-state index in [4.69, 9.17) is 0 Å². The summed E-state index contributed by atoms with van der Waals surface area (Å²) in [5.41, 5.74) is -1.11. The Balaban J connectivity index is 1.83. The van der Waals surface area contributed by atoms with Crippen LogP contribution in [-0.2, 0) is 12.4 Å². The molecule has 1 saturated carbocycles. The lowest BCUT2D eigenvalue weighted by Gasteiger charge is -2.24. The van der Waals surface area contributed by atoms with Crippen molar-refractivity contribution >= 4 is 11.9 Å². The molecule has 1 N–H and O–H groups in total. The molecule has 0 aliphatic heterocycles. The van der Waals surface area contributed by atoms with Gasteiger partial charge in [0.2, 0.25) is 0 Å². The minimum absolute atomic E-state index is 0.0509. The van der Waals surface area contributed by atoms with Crippen LogP contribution in [0.3, 0.4) is 0 Å². The van der Waals surface area contributed by atoms with Gasteiger partial charge in [0.05, 0.1) is 16.8 Å². The van der Waals surface area contributed by atoms with Gasteiger partial charge in [0.15, 0.2) is 0 Å². The van der Waals surface area contributed by atoms with Gasteiger partial charge in [-0.2, -0.15) is 26.3 Å². The van der Waals surface area contributed by atoms with E-state index in [1.54, 1.807) is 24.3 Å². The SMILES string of the molecule is Oc1c(C2CCCCC2)ccc(-c2ccccc2)c1C=Nc1cc(C(F)(F)F)cc(C(F)(F)F)c1. The molecule has 1 fully saturated rings. The Morgan fingerprint density at radius 1 is 0.771 bits per heavy atom. The Bertz CT molecular complexity index is 1180. The number of hydrogen-bond donors (Lipinski definition) is 1. The van der Waals surface area contributed by atoms with E-state index in [2.05, 4.69) is 4.99 Å². The largest absolute Gasteiger partial charge is 0.507 e. The van der Waals surface area contributed by atoms with E-state index in [0.29, 0.717) is 23.3 Å². The highest BCUT2D eigenvalue weighted by molar-refractivity contribution is 5.95. The number of nitrogens with zero attached hydrogens (tertiary/aromatic N) is 1. The Kier molecular flexibility index (Phi) is 6.92. The van der Waals surface area contributed by atoms with Crippen molar-refractivity contribution in [3.63, 3.8) is 0 Å². The zero-order valence-electron chi connectivity index (χ0n) is 18.6. The first-order valence-electron chi connectivity index (χ1n) is 11.3. The number of rotatable bonds is 4. The van der Waals surface area contributed by atoms with Gasteiger partial charge in [0.25, 0.3) is 0 Å². The molecule has 0 amide bonds. The van der Waals surface area contributed by atoms with Crippen LogP contribution in [0.25, 0.3) is 11.1 Å². The van der Waals surface area contributed by atoms with Crippen LogP contribution in [0.15, 0.2) is 65.7 Å². The molecular formula is C27H23F6NO. The van der Waals surface area contributed by atoms with E-state index in [9.17, 15) is 31.4 Å². The van der Waals surface area contributed by atoms with Crippen molar-refractivity contribution in [1.82, 2.24) is 0 Å². The molecule has 2 nitrogen and oxygen atoms in total. The Morgan fingerprint density at radius 3 is 1.94 bits per heavy atom. The Labute approximate surface area is 199 Å². The summed E-state index contributed by atoms with van der Waals surface area (Å²) in [6.07, 6.45) is -3.82. The van der Waals surface area contributed by atoms with E-state index < -0.39 is 29.2 Å². The fraction of sp³-hybridized carbons (Fsp3) is 0.296. The highest BCUT2D eigenvalue weighted by atomic mass is 19.4. The van der Waals surface area contributed by atoms with Crippen molar-refractivity contribution in [2.75, 3.05) is 0 Å².